The number of benzene rings is 2. The summed E-state index contributed by atoms with van der Waals surface area (Å²) < 4.78 is 51.5. The first-order valence-corrected chi connectivity index (χ1v) is 15.3. The number of carbonyl (C=O) groups is 2. The molecule has 12 nitrogen and oxygen atoms in total. The zero-order chi connectivity index (χ0) is 30.0. The fourth-order valence-electron chi connectivity index (χ4n) is 3.73. The lowest BCUT2D eigenvalue weighted by Gasteiger charge is -2.29. The van der Waals surface area contributed by atoms with Crippen LogP contribution in [0.2, 0.25) is 10.0 Å². The molecule has 0 aliphatic carbocycles. The molecule has 15 heteroatoms. The van der Waals surface area contributed by atoms with Gasteiger partial charge in [-0.15, -0.1) is 5.06 Å². The van der Waals surface area contributed by atoms with Gasteiger partial charge < -0.3 is 32.9 Å². The Hall–Kier alpha value is -2.25. The van der Waals surface area contributed by atoms with E-state index in [1.165, 1.54) is 39.1 Å². The number of rotatable bonds is 18. The summed E-state index contributed by atoms with van der Waals surface area (Å²) in [6, 6.07) is 7.54. The number of carbonyl (C=O) groups excluding carboxylic acids is 2. The summed E-state index contributed by atoms with van der Waals surface area (Å²) in [4.78, 5) is 32.0. The quantitative estimate of drug-likeness (QED) is 0.0931. The van der Waals surface area contributed by atoms with Crippen LogP contribution in [0.4, 0.5) is 0 Å². The highest BCUT2D eigenvalue weighted by Crippen LogP contribution is 2.61. The van der Waals surface area contributed by atoms with E-state index in [9.17, 15) is 14.2 Å². The monoisotopic (exact) mass is 635 g/mol. The number of ether oxygens (including phenoxy) is 6. The summed E-state index contributed by atoms with van der Waals surface area (Å²) in [6.07, 6.45) is 0. The summed E-state index contributed by atoms with van der Waals surface area (Å²) >= 11 is 13.4. The van der Waals surface area contributed by atoms with Crippen molar-refractivity contribution in [3.8, 4) is 11.5 Å². The molecule has 1 aliphatic rings. The maximum atomic E-state index is 13.8. The van der Waals surface area contributed by atoms with Gasteiger partial charge >= 0.3 is 0 Å². The fourth-order valence-corrected chi connectivity index (χ4v) is 5.98. The maximum Gasteiger partial charge on any atom is 0.285 e. The van der Waals surface area contributed by atoms with E-state index in [1.54, 1.807) is 19.1 Å². The predicted octanol–water partition coefficient (Wildman–Crippen LogP) is 5.16. The van der Waals surface area contributed by atoms with Gasteiger partial charge in [0.05, 0.1) is 54.2 Å². The number of fused-ring (bicyclic) bond motifs is 1. The number of methoxy groups -OCH3 is 2. The number of hydrogen-bond donors (Lipinski definition) is 0. The third-order valence-electron chi connectivity index (χ3n) is 5.63. The number of hydrogen-bond acceptors (Lipinski definition) is 11. The SMILES string of the molecule is CCOP(C)(=O)C(ON1C(=O)c2ccccc2C1=O)c1cc(Cl)c(OCOCCOC)c(OCOCCOC)c1Cl. The minimum absolute atomic E-state index is 0.00926. The Morgan fingerprint density at radius 2 is 1.41 bits per heavy atom. The van der Waals surface area contributed by atoms with Crippen LogP contribution in [0.3, 0.4) is 0 Å². The smallest absolute Gasteiger partial charge is 0.285 e. The van der Waals surface area contributed by atoms with Gasteiger partial charge in [-0.2, -0.15) is 0 Å². The molecular formula is C26H32Cl2NO11P. The largest absolute Gasteiger partial charge is 0.462 e. The van der Waals surface area contributed by atoms with Crippen LogP contribution >= 0.6 is 30.6 Å². The Labute approximate surface area is 248 Å². The lowest BCUT2D eigenvalue weighted by atomic mass is 10.1. The van der Waals surface area contributed by atoms with Crippen molar-refractivity contribution in [3.63, 3.8) is 0 Å². The van der Waals surface area contributed by atoms with Gasteiger partial charge in [-0.1, -0.05) is 35.3 Å². The van der Waals surface area contributed by atoms with E-state index in [2.05, 4.69) is 0 Å². The highest BCUT2D eigenvalue weighted by atomic mass is 35.5. The molecule has 0 radical (unpaired) electrons. The molecule has 2 aromatic rings. The lowest BCUT2D eigenvalue weighted by Crippen LogP contribution is -2.32. The Bertz CT molecular complexity index is 1230. The van der Waals surface area contributed by atoms with Crippen molar-refractivity contribution < 1.29 is 51.9 Å². The van der Waals surface area contributed by atoms with Gasteiger partial charge in [0.2, 0.25) is 7.37 Å². The Kier molecular flexibility index (Phi) is 12.8. The molecule has 226 valence electrons. The molecule has 41 heavy (non-hydrogen) atoms. The van der Waals surface area contributed by atoms with Crippen LogP contribution in [0.15, 0.2) is 30.3 Å². The molecular weight excluding hydrogens is 604 g/mol. The second kappa shape index (κ2) is 15.8. The highest BCUT2D eigenvalue weighted by molar-refractivity contribution is 7.58. The first kappa shape index (κ1) is 33.3. The molecule has 2 aromatic carbocycles. The second-order valence-corrected chi connectivity index (χ2v) is 11.8. The summed E-state index contributed by atoms with van der Waals surface area (Å²) in [5.74, 6) is -3.07. The van der Waals surface area contributed by atoms with E-state index in [4.69, 9.17) is 61.0 Å². The highest BCUT2D eigenvalue weighted by Gasteiger charge is 2.44. The normalized spacial score (nSPS) is 15.1. The summed E-state index contributed by atoms with van der Waals surface area (Å²) in [6.45, 7) is 3.60. The van der Waals surface area contributed by atoms with Crippen LogP contribution in [0, 0.1) is 0 Å². The lowest BCUT2D eigenvalue weighted by molar-refractivity contribution is -0.110. The van der Waals surface area contributed by atoms with E-state index < -0.39 is 25.0 Å². The van der Waals surface area contributed by atoms with Crippen molar-refractivity contribution in [3.05, 3.63) is 57.1 Å². The minimum Gasteiger partial charge on any atom is -0.462 e. The Morgan fingerprint density at radius 3 is 1.93 bits per heavy atom. The molecule has 1 heterocycles. The standard InChI is InChI=1S/C26H32Cl2NO11P/c1-5-39-41(4,32)26(40-29-24(30)17-8-6-7-9-18(17)25(29)31)19-14-20(27)22(37-15-35-12-10-33-2)23(21(19)28)38-16-36-13-11-34-3/h6-9,14,26H,5,10-13,15-16H2,1-4H3. The first-order chi connectivity index (χ1) is 19.7. The van der Waals surface area contributed by atoms with E-state index in [0.29, 0.717) is 18.3 Å². The fraction of sp³-hybridized carbons (Fsp3) is 0.462. The van der Waals surface area contributed by atoms with Crippen LogP contribution in [0.1, 0.15) is 39.0 Å². The van der Waals surface area contributed by atoms with E-state index in [1.807, 2.05) is 0 Å². The Balaban J connectivity index is 2.01. The van der Waals surface area contributed by atoms with Gasteiger partial charge in [0.25, 0.3) is 11.8 Å². The van der Waals surface area contributed by atoms with Crippen molar-refractivity contribution in [1.82, 2.24) is 5.06 Å². The number of nitrogens with zero attached hydrogens (tertiary/aromatic N) is 1. The summed E-state index contributed by atoms with van der Waals surface area (Å²) in [7, 11) is -0.720. The van der Waals surface area contributed by atoms with Crippen molar-refractivity contribution in [2.75, 3.05) is 67.5 Å². The van der Waals surface area contributed by atoms with E-state index in [-0.39, 0.29) is 71.6 Å². The molecule has 0 fully saturated rings. The molecule has 0 saturated carbocycles. The van der Waals surface area contributed by atoms with Crippen LogP contribution in [-0.4, -0.2) is 84.4 Å². The third-order valence-corrected chi connectivity index (χ3v) is 8.30. The molecule has 0 aromatic heterocycles. The Morgan fingerprint density at radius 1 is 0.878 bits per heavy atom. The molecule has 1 aliphatic heterocycles. The third kappa shape index (κ3) is 8.19. The zero-order valence-corrected chi connectivity index (χ0v) is 25.5. The van der Waals surface area contributed by atoms with Crippen molar-refractivity contribution in [2.24, 2.45) is 0 Å². The molecule has 2 unspecified atom stereocenters. The van der Waals surface area contributed by atoms with Crippen molar-refractivity contribution in [1.29, 1.82) is 0 Å². The summed E-state index contributed by atoms with van der Waals surface area (Å²) in [5.41, 5.74) is 0.293. The second-order valence-electron chi connectivity index (χ2n) is 8.48. The van der Waals surface area contributed by atoms with Gasteiger partial charge in [-0.05, 0) is 25.1 Å². The number of halogens is 2. The van der Waals surface area contributed by atoms with Crippen LogP contribution in [0.25, 0.3) is 0 Å². The van der Waals surface area contributed by atoms with Crippen LogP contribution < -0.4 is 9.47 Å². The van der Waals surface area contributed by atoms with Crippen LogP contribution in [-0.2, 0) is 32.9 Å². The number of imide groups is 1. The summed E-state index contributed by atoms with van der Waals surface area (Å²) in [5, 5.41) is 0.399. The number of hydroxylamine groups is 2. The van der Waals surface area contributed by atoms with E-state index >= 15 is 0 Å². The average Bonchev–Trinajstić information content (AvgIpc) is 3.18. The van der Waals surface area contributed by atoms with Gasteiger partial charge in [0, 0.05) is 26.4 Å². The molecule has 0 saturated heterocycles. The molecule has 0 spiro atoms. The van der Waals surface area contributed by atoms with E-state index in [0.717, 1.165) is 0 Å². The van der Waals surface area contributed by atoms with Gasteiger partial charge in [-0.25, -0.2) is 4.84 Å². The van der Waals surface area contributed by atoms with Gasteiger partial charge in [-0.3, -0.25) is 14.2 Å². The van der Waals surface area contributed by atoms with Gasteiger partial charge in [0.15, 0.2) is 30.9 Å². The van der Waals surface area contributed by atoms with Crippen molar-refractivity contribution >= 4 is 42.4 Å². The van der Waals surface area contributed by atoms with Crippen LogP contribution in [0.5, 0.6) is 11.5 Å². The predicted molar refractivity (Wildman–Crippen MR) is 149 cm³/mol. The minimum atomic E-state index is -3.78. The topological polar surface area (TPSA) is 128 Å². The number of amides is 2. The molecule has 3 rings (SSSR count). The maximum absolute atomic E-state index is 13.8. The molecule has 2 atom stereocenters. The zero-order valence-electron chi connectivity index (χ0n) is 23.1. The molecule has 0 bridgehead atoms. The average molecular weight is 636 g/mol. The van der Waals surface area contributed by atoms with Crippen molar-refractivity contribution in [2.45, 2.75) is 12.8 Å². The van der Waals surface area contributed by atoms with Gasteiger partial charge in [0.1, 0.15) is 0 Å². The molecule has 2 amide bonds. The first-order valence-electron chi connectivity index (χ1n) is 12.4. The molecule has 0 N–H and O–H groups in total.